The number of rotatable bonds is 8. The van der Waals surface area contributed by atoms with E-state index in [-0.39, 0.29) is 11.8 Å². The number of carboxylic acids is 1. The number of alkyl halides is 1. The summed E-state index contributed by atoms with van der Waals surface area (Å²) in [6.07, 6.45) is 1.90. The monoisotopic (exact) mass is 353 g/mol. The molecule has 2 heterocycles. The number of hydrogen-bond donors (Lipinski definition) is 1. The van der Waals surface area contributed by atoms with Crippen LogP contribution >= 0.6 is 0 Å². The van der Waals surface area contributed by atoms with Crippen molar-refractivity contribution in [3.63, 3.8) is 0 Å². The number of carbonyl (C=O) groups is 1. The largest absolute Gasteiger partial charge is 0.480 e. The minimum absolute atomic E-state index is 0.0658. The number of hydrogen-bond acceptors (Lipinski definition) is 4. The number of halogens is 1. The molecule has 1 unspecified atom stereocenters. The van der Waals surface area contributed by atoms with Gasteiger partial charge in [0, 0.05) is 25.8 Å². The van der Waals surface area contributed by atoms with Gasteiger partial charge in [0.15, 0.2) is 0 Å². The Labute approximate surface area is 147 Å². The van der Waals surface area contributed by atoms with E-state index in [4.69, 9.17) is 0 Å². The fourth-order valence-electron chi connectivity index (χ4n) is 3.19. The smallest absolute Gasteiger partial charge is 0.348 e. The van der Waals surface area contributed by atoms with Gasteiger partial charge in [-0.25, -0.2) is 14.0 Å². The molecule has 1 aromatic rings. The quantitative estimate of drug-likeness (QED) is 0.776. The Morgan fingerprint density at radius 3 is 2.48 bits per heavy atom. The minimum Gasteiger partial charge on any atom is -0.480 e. The summed E-state index contributed by atoms with van der Waals surface area (Å²) in [6.45, 7) is 9.33. The summed E-state index contributed by atoms with van der Waals surface area (Å²) in [6, 6.07) is -0.917. The summed E-state index contributed by atoms with van der Waals surface area (Å²) in [7, 11) is 0. The Morgan fingerprint density at radius 1 is 1.36 bits per heavy atom. The zero-order valence-electron chi connectivity index (χ0n) is 15.4. The van der Waals surface area contributed by atoms with Gasteiger partial charge in [-0.1, -0.05) is 27.7 Å². The highest BCUT2D eigenvalue weighted by atomic mass is 19.1. The molecule has 0 amide bonds. The molecule has 0 radical (unpaired) electrons. The third-order valence-electron chi connectivity index (χ3n) is 4.53. The Morgan fingerprint density at radius 2 is 2.00 bits per heavy atom. The molecule has 0 saturated carbocycles. The van der Waals surface area contributed by atoms with Crippen LogP contribution in [0.25, 0.3) is 0 Å². The minimum atomic E-state index is -1.02. The summed E-state index contributed by atoms with van der Waals surface area (Å²) in [5, 5.41) is 9.53. The molecule has 1 saturated heterocycles. The van der Waals surface area contributed by atoms with E-state index in [0.717, 1.165) is 5.56 Å². The van der Waals surface area contributed by atoms with Gasteiger partial charge >= 0.3 is 11.7 Å². The normalized spacial score (nSPS) is 17.1. The number of likely N-dealkylation sites (tertiary alicyclic amines) is 1. The standard InChI is InChI=1S/C18H28FN3O3/c1-11(2)7-15(17(23)24)22-8-13(5-6-21-9-14(19)10-21)16(12(3)4)20-18(22)25/h8,11-12,14-15H,5-7,9-10H2,1-4H3,(H,23,24). The summed E-state index contributed by atoms with van der Waals surface area (Å²) in [5.74, 6) is -0.816. The van der Waals surface area contributed by atoms with Crippen molar-refractivity contribution in [1.29, 1.82) is 0 Å². The molecule has 140 valence electrons. The van der Waals surface area contributed by atoms with Crippen LogP contribution in [0.15, 0.2) is 11.0 Å². The van der Waals surface area contributed by atoms with E-state index in [0.29, 0.717) is 38.2 Å². The number of aliphatic carboxylic acids is 1. The van der Waals surface area contributed by atoms with Crippen LogP contribution in [0, 0.1) is 5.92 Å². The van der Waals surface area contributed by atoms with Crippen LogP contribution in [0.1, 0.15) is 57.3 Å². The van der Waals surface area contributed by atoms with Crippen molar-refractivity contribution in [3.05, 3.63) is 27.9 Å². The fourth-order valence-corrected chi connectivity index (χ4v) is 3.19. The van der Waals surface area contributed by atoms with Gasteiger partial charge < -0.3 is 5.11 Å². The van der Waals surface area contributed by atoms with Gasteiger partial charge in [-0.2, -0.15) is 4.98 Å². The van der Waals surface area contributed by atoms with Crippen LogP contribution in [-0.2, 0) is 11.2 Å². The van der Waals surface area contributed by atoms with Gasteiger partial charge in [0.25, 0.3) is 0 Å². The summed E-state index contributed by atoms with van der Waals surface area (Å²) < 4.78 is 14.2. The topological polar surface area (TPSA) is 75.4 Å². The maximum absolute atomic E-state index is 13.0. The van der Waals surface area contributed by atoms with E-state index >= 15 is 0 Å². The van der Waals surface area contributed by atoms with Crippen LogP contribution in [0.3, 0.4) is 0 Å². The molecular weight excluding hydrogens is 325 g/mol. The molecule has 1 atom stereocenters. The summed E-state index contributed by atoms with van der Waals surface area (Å²) in [4.78, 5) is 30.2. The van der Waals surface area contributed by atoms with Gasteiger partial charge in [0.2, 0.25) is 0 Å². The Hall–Kier alpha value is -1.76. The zero-order valence-corrected chi connectivity index (χ0v) is 15.4. The number of carboxylic acid groups (broad SMARTS) is 1. The molecule has 1 aromatic heterocycles. The van der Waals surface area contributed by atoms with Gasteiger partial charge in [0.05, 0.1) is 5.69 Å². The second-order valence-corrected chi connectivity index (χ2v) is 7.59. The lowest BCUT2D eigenvalue weighted by Crippen LogP contribution is -2.49. The predicted molar refractivity (Wildman–Crippen MR) is 93.8 cm³/mol. The van der Waals surface area contributed by atoms with E-state index in [2.05, 4.69) is 4.98 Å². The first-order valence-corrected chi connectivity index (χ1v) is 8.90. The van der Waals surface area contributed by atoms with E-state index in [1.165, 1.54) is 4.57 Å². The second kappa shape index (κ2) is 8.08. The van der Waals surface area contributed by atoms with Gasteiger partial charge in [0.1, 0.15) is 12.2 Å². The molecular formula is C18H28FN3O3. The molecule has 0 aromatic carbocycles. The van der Waals surface area contributed by atoms with Gasteiger partial charge in [-0.3, -0.25) is 9.47 Å². The highest BCUT2D eigenvalue weighted by Crippen LogP contribution is 2.21. The molecule has 6 nitrogen and oxygen atoms in total. The van der Waals surface area contributed by atoms with Crippen molar-refractivity contribution in [2.24, 2.45) is 5.92 Å². The lowest BCUT2D eigenvalue weighted by molar-refractivity contribution is -0.141. The van der Waals surface area contributed by atoms with Crippen molar-refractivity contribution in [3.8, 4) is 0 Å². The molecule has 2 rings (SSSR count). The van der Waals surface area contributed by atoms with Crippen molar-refractivity contribution < 1.29 is 14.3 Å². The summed E-state index contributed by atoms with van der Waals surface area (Å²) in [5.41, 5.74) is 1.05. The summed E-state index contributed by atoms with van der Waals surface area (Å²) >= 11 is 0. The number of aromatic nitrogens is 2. The molecule has 0 spiro atoms. The van der Waals surface area contributed by atoms with Crippen LogP contribution in [0.4, 0.5) is 4.39 Å². The molecule has 1 aliphatic rings. The Balaban J connectivity index is 2.31. The lowest BCUT2D eigenvalue weighted by atomic mass is 10.0. The maximum Gasteiger partial charge on any atom is 0.348 e. The van der Waals surface area contributed by atoms with E-state index in [1.54, 1.807) is 6.20 Å². The fraction of sp³-hybridized carbons (Fsp3) is 0.722. The third-order valence-corrected chi connectivity index (χ3v) is 4.53. The average molecular weight is 353 g/mol. The average Bonchev–Trinajstić information content (AvgIpc) is 2.48. The second-order valence-electron chi connectivity index (χ2n) is 7.59. The molecule has 1 aliphatic heterocycles. The van der Waals surface area contributed by atoms with E-state index < -0.39 is 23.9 Å². The Kier molecular flexibility index (Phi) is 6.32. The molecule has 0 aliphatic carbocycles. The highest BCUT2D eigenvalue weighted by Gasteiger charge is 2.27. The predicted octanol–water partition coefficient (Wildman–Crippen LogP) is 2.23. The SMILES string of the molecule is CC(C)CC(C(=O)O)n1cc(CCN2CC(F)C2)c(C(C)C)nc1=O. The first kappa shape index (κ1) is 19.6. The van der Waals surface area contributed by atoms with Crippen LogP contribution in [0.2, 0.25) is 0 Å². The molecule has 25 heavy (non-hydrogen) atoms. The molecule has 7 heteroatoms. The van der Waals surface area contributed by atoms with Crippen LogP contribution in [-0.4, -0.2) is 51.3 Å². The molecule has 1 fully saturated rings. The van der Waals surface area contributed by atoms with Gasteiger partial charge in [-0.05, 0) is 30.2 Å². The first-order chi connectivity index (χ1) is 11.7. The van der Waals surface area contributed by atoms with Crippen molar-refractivity contribution >= 4 is 5.97 Å². The van der Waals surface area contributed by atoms with Crippen molar-refractivity contribution in [2.45, 2.75) is 58.7 Å². The Bertz CT molecular complexity index is 666. The van der Waals surface area contributed by atoms with E-state index in [1.807, 2.05) is 32.6 Å². The van der Waals surface area contributed by atoms with Crippen LogP contribution < -0.4 is 5.69 Å². The lowest BCUT2D eigenvalue weighted by Gasteiger charge is -2.34. The molecule has 1 N–H and O–H groups in total. The highest BCUT2D eigenvalue weighted by molar-refractivity contribution is 5.71. The van der Waals surface area contributed by atoms with Crippen LogP contribution in [0.5, 0.6) is 0 Å². The van der Waals surface area contributed by atoms with Gasteiger partial charge in [-0.15, -0.1) is 0 Å². The van der Waals surface area contributed by atoms with Crippen molar-refractivity contribution in [1.82, 2.24) is 14.5 Å². The zero-order chi connectivity index (χ0) is 18.7. The molecule has 0 bridgehead atoms. The van der Waals surface area contributed by atoms with Crippen molar-refractivity contribution in [2.75, 3.05) is 19.6 Å². The maximum atomic E-state index is 13.0. The van der Waals surface area contributed by atoms with E-state index in [9.17, 15) is 19.1 Å². The first-order valence-electron chi connectivity index (χ1n) is 8.90. The number of nitrogens with zero attached hydrogens (tertiary/aromatic N) is 3. The third kappa shape index (κ3) is 4.87.